The number of rotatable bonds is 2. The first kappa shape index (κ1) is 11.1. The average Bonchev–Trinajstić information content (AvgIpc) is 2.89. The second-order valence-corrected chi connectivity index (χ2v) is 5.06. The van der Waals surface area contributed by atoms with E-state index in [0.29, 0.717) is 10.6 Å². The van der Waals surface area contributed by atoms with E-state index in [4.69, 9.17) is 5.73 Å². The van der Waals surface area contributed by atoms with Crippen LogP contribution in [0.3, 0.4) is 0 Å². The first-order valence-electron chi connectivity index (χ1n) is 4.51. The number of thiophene rings is 1. The lowest BCUT2D eigenvalue weighted by Gasteiger charge is -1.96. The van der Waals surface area contributed by atoms with Gasteiger partial charge in [0.25, 0.3) is 0 Å². The maximum atomic E-state index is 11.5. The van der Waals surface area contributed by atoms with E-state index >= 15 is 0 Å². The lowest BCUT2D eigenvalue weighted by molar-refractivity contribution is 0.0607. The van der Waals surface area contributed by atoms with E-state index < -0.39 is 0 Å². The van der Waals surface area contributed by atoms with E-state index in [-0.39, 0.29) is 5.97 Å². The predicted molar refractivity (Wildman–Crippen MR) is 65.9 cm³/mol. The van der Waals surface area contributed by atoms with Crippen molar-refractivity contribution in [3.8, 4) is 9.75 Å². The summed E-state index contributed by atoms with van der Waals surface area (Å²) in [4.78, 5) is 17.9. The van der Waals surface area contributed by atoms with Crippen LogP contribution in [0.2, 0.25) is 0 Å². The third-order valence-electron chi connectivity index (χ3n) is 2.22. The number of nitrogen functional groups attached to an aromatic ring is 1. The molecule has 0 amide bonds. The molecule has 0 atom stereocenters. The molecule has 0 aliphatic heterocycles. The molecule has 0 bridgehead atoms. The van der Waals surface area contributed by atoms with Gasteiger partial charge >= 0.3 is 5.97 Å². The Labute approximate surface area is 101 Å². The number of ether oxygens (including phenoxy) is 1. The van der Waals surface area contributed by atoms with Crippen LogP contribution in [0.5, 0.6) is 0 Å². The average molecular weight is 254 g/mol. The number of thiazole rings is 1. The van der Waals surface area contributed by atoms with Crippen molar-refractivity contribution >= 4 is 34.3 Å². The number of hydrogen-bond acceptors (Lipinski definition) is 6. The third-order valence-corrected chi connectivity index (χ3v) is 4.46. The molecule has 4 nitrogen and oxygen atoms in total. The molecular formula is C10H10N2O2S2. The van der Waals surface area contributed by atoms with Crippen LogP contribution < -0.4 is 5.73 Å². The van der Waals surface area contributed by atoms with Crippen molar-refractivity contribution in [3.63, 3.8) is 0 Å². The maximum absolute atomic E-state index is 11.5. The summed E-state index contributed by atoms with van der Waals surface area (Å²) in [5, 5.41) is 0. The lowest BCUT2D eigenvalue weighted by Crippen LogP contribution is -2.01. The highest BCUT2D eigenvalue weighted by molar-refractivity contribution is 7.22. The van der Waals surface area contributed by atoms with Crippen molar-refractivity contribution in [2.45, 2.75) is 6.92 Å². The quantitative estimate of drug-likeness (QED) is 0.836. The number of hydrogen-bond donors (Lipinski definition) is 1. The Morgan fingerprint density at radius 1 is 1.56 bits per heavy atom. The molecule has 0 spiro atoms. The van der Waals surface area contributed by atoms with Crippen molar-refractivity contribution in [1.82, 2.24) is 4.98 Å². The molecule has 6 heteroatoms. The molecule has 2 aromatic heterocycles. The van der Waals surface area contributed by atoms with Crippen molar-refractivity contribution in [2.75, 3.05) is 12.8 Å². The van der Waals surface area contributed by atoms with Crippen LogP contribution in [0.4, 0.5) is 5.69 Å². The highest BCUT2D eigenvalue weighted by Crippen LogP contribution is 2.39. The first-order valence-corrected chi connectivity index (χ1v) is 6.20. The molecule has 2 rings (SSSR count). The van der Waals surface area contributed by atoms with Gasteiger partial charge in [0.2, 0.25) is 0 Å². The fraction of sp³-hybridized carbons (Fsp3) is 0.200. The number of aromatic nitrogens is 1. The van der Waals surface area contributed by atoms with Gasteiger partial charge in [0.1, 0.15) is 4.88 Å². The molecule has 2 N–H and O–H groups in total. The minimum Gasteiger partial charge on any atom is -0.465 e. The standard InChI is InChI=1S/C10H10N2O2S2/c1-5-7(11)9(10(13)14-2)16-8(5)6-3-12-4-15-6/h3-4H,11H2,1-2H3. The Morgan fingerprint density at radius 2 is 2.31 bits per heavy atom. The summed E-state index contributed by atoms with van der Waals surface area (Å²) in [6.45, 7) is 1.90. The van der Waals surface area contributed by atoms with Crippen molar-refractivity contribution in [2.24, 2.45) is 0 Å². The molecule has 0 radical (unpaired) electrons. The number of carbonyl (C=O) groups is 1. The number of anilines is 1. The summed E-state index contributed by atoms with van der Waals surface area (Å²) in [6.07, 6.45) is 1.77. The van der Waals surface area contributed by atoms with E-state index in [2.05, 4.69) is 9.72 Å². The van der Waals surface area contributed by atoms with Gasteiger partial charge in [0, 0.05) is 6.20 Å². The monoisotopic (exact) mass is 254 g/mol. The van der Waals surface area contributed by atoms with E-state index in [9.17, 15) is 4.79 Å². The van der Waals surface area contributed by atoms with Crippen LogP contribution in [0.25, 0.3) is 9.75 Å². The molecule has 0 aliphatic carbocycles. The normalized spacial score (nSPS) is 10.4. The van der Waals surface area contributed by atoms with Crippen molar-refractivity contribution in [1.29, 1.82) is 0 Å². The molecule has 0 fully saturated rings. The van der Waals surface area contributed by atoms with Gasteiger partial charge < -0.3 is 10.5 Å². The summed E-state index contributed by atoms with van der Waals surface area (Å²) >= 11 is 2.87. The molecule has 0 saturated heterocycles. The Hall–Kier alpha value is -1.40. The van der Waals surface area contributed by atoms with Gasteiger partial charge in [-0.25, -0.2) is 4.79 Å². The van der Waals surface area contributed by atoms with Crippen LogP contribution in [0.1, 0.15) is 15.2 Å². The third kappa shape index (κ3) is 1.70. The number of carbonyl (C=O) groups excluding carboxylic acids is 1. The Balaban J connectivity index is 2.54. The Bertz CT molecular complexity index is 517. The van der Waals surface area contributed by atoms with E-state index in [1.165, 1.54) is 29.8 Å². The molecular weight excluding hydrogens is 244 g/mol. The van der Waals surface area contributed by atoms with Crippen molar-refractivity contribution < 1.29 is 9.53 Å². The molecule has 2 heterocycles. The molecule has 0 aromatic carbocycles. The molecule has 84 valence electrons. The largest absolute Gasteiger partial charge is 0.465 e. The van der Waals surface area contributed by atoms with E-state index in [1.807, 2.05) is 6.92 Å². The fourth-order valence-corrected chi connectivity index (χ4v) is 3.27. The zero-order valence-electron chi connectivity index (χ0n) is 8.81. The second kappa shape index (κ2) is 4.23. The highest BCUT2D eigenvalue weighted by atomic mass is 32.1. The first-order chi connectivity index (χ1) is 7.65. The van der Waals surface area contributed by atoms with Crippen molar-refractivity contribution in [3.05, 3.63) is 22.1 Å². The van der Waals surface area contributed by atoms with Gasteiger partial charge in [0.05, 0.1) is 28.1 Å². The van der Waals surface area contributed by atoms with Gasteiger partial charge in [-0.1, -0.05) is 0 Å². The van der Waals surface area contributed by atoms with E-state index in [1.54, 1.807) is 11.7 Å². The molecule has 2 aromatic rings. The number of nitrogens with zero attached hydrogens (tertiary/aromatic N) is 1. The topological polar surface area (TPSA) is 65.2 Å². The van der Waals surface area contributed by atoms with Gasteiger partial charge in [0.15, 0.2) is 0 Å². The van der Waals surface area contributed by atoms with Gasteiger partial charge in [-0.15, -0.1) is 22.7 Å². The minimum atomic E-state index is -0.388. The number of nitrogens with two attached hydrogens (primary N) is 1. The molecule has 0 unspecified atom stereocenters. The SMILES string of the molecule is COC(=O)c1sc(-c2cncs2)c(C)c1N. The van der Waals surface area contributed by atoms with Gasteiger partial charge in [-0.2, -0.15) is 0 Å². The maximum Gasteiger partial charge on any atom is 0.350 e. The second-order valence-electron chi connectivity index (χ2n) is 3.16. The Kier molecular flexibility index (Phi) is 2.93. The number of esters is 1. The predicted octanol–water partition coefficient (Wildman–Crippen LogP) is 2.55. The summed E-state index contributed by atoms with van der Waals surface area (Å²) in [5.74, 6) is -0.388. The van der Waals surface area contributed by atoms with Gasteiger partial charge in [-0.05, 0) is 12.5 Å². The molecule has 0 aliphatic rings. The van der Waals surface area contributed by atoms with Crippen LogP contribution in [-0.2, 0) is 4.74 Å². The Morgan fingerprint density at radius 3 is 2.88 bits per heavy atom. The smallest absolute Gasteiger partial charge is 0.350 e. The summed E-state index contributed by atoms with van der Waals surface area (Å²) in [7, 11) is 1.35. The van der Waals surface area contributed by atoms with E-state index in [0.717, 1.165) is 15.3 Å². The minimum absolute atomic E-state index is 0.388. The summed E-state index contributed by atoms with van der Waals surface area (Å²) in [6, 6.07) is 0. The zero-order valence-corrected chi connectivity index (χ0v) is 10.4. The number of methoxy groups -OCH3 is 1. The van der Waals surface area contributed by atoms with Crippen LogP contribution in [-0.4, -0.2) is 18.1 Å². The van der Waals surface area contributed by atoms with Crippen LogP contribution in [0, 0.1) is 6.92 Å². The molecule has 16 heavy (non-hydrogen) atoms. The summed E-state index contributed by atoms with van der Waals surface area (Å²) < 4.78 is 4.68. The van der Waals surface area contributed by atoms with Crippen LogP contribution in [0.15, 0.2) is 11.7 Å². The molecule has 0 saturated carbocycles. The summed E-state index contributed by atoms with van der Waals surface area (Å²) in [5.41, 5.74) is 9.04. The highest BCUT2D eigenvalue weighted by Gasteiger charge is 2.20. The lowest BCUT2D eigenvalue weighted by atomic mass is 10.2. The van der Waals surface area contributed by atoms with Crippen LogP contribution >= 0.6 is 22.7 Å². The fourth-order valence-electron chi connectivity index (χ4n) is 1.33. The zero-order chi connectivity index (χ0) is 11.7. The van der Waals surface area contributed by atoms with Gasteiger partial charge in [-0.3, -0.25) is 4.98 Å².